The first-order valence-electron chi connectivity index (χ1n) is 8.47. The number of aldehydes is 1. The van der Waals surface area contributed by atoms with Gasteiger partial charge < -0.3 is 0 Å². The topological polar surface area (TPSA) is 102 Å². The van der Waals surface area contributed by atoms with E-state index in [0.717, 1.165) is 9.54 Å². The van der Waals surface area contributed by atoms with Crippen molar-refractivity contribution in [1.29, 1.82) is 0 Å². The number of rotatable bonds is 4. The summed E-state index contributed by atoms with van der Waals surface area (Å²) in [6.45, 7) is 1.85. The molecule has 0 aliphatic carbocycles. The molecule has 3 aromatic rings. The standard InChI is InChI=1S/C20H14N2O5S2/c1-12-2-5-16(6-3-12)29(26,27)22-15(10-18-19(24)21-20(25)28-18)9-14-8-13(11-23)4-7-17(14)22/h2-11H,1H3,(H,21,24,25). The van der Waals surface area contributed by atoms with Gasteiger partial charge in [-0.3, -0.25) is 19.7 Å². The van der Waals surface area contributed by atoms with Crippen LogP contribution < -0.4 is 5.32 Å². The molecule has 1 N–H and O–H groups in total. The van der Waals surface area contributed by atoms with Crippen LogP contribution in [0.3, 0.4) is 0 Å². The SMILES string of the molecule is Cc1ccc(S(=O)(=O)n2c(C=C3SC(=O)NC3=O)cc3cc(C=O)ccc32)cc1. The zero-order chi connectivity index (χ0) is 20.8. The second-order valence-corrected chi connectivity index (χ2v) is 9.24. The molecule has 0 spiro atoms. The molecule has 146 valence electrons. The second-order valence-electron chi connectivity index (χ2n) is 6.44. The van der Waals surface area contributed by atoms with Gasteiger partial charge in [0.15, 0.2) is 0 Å². The Balaban J connectivity index is 1.99. The Kier molecular flexibility index (Phi) is 4.64. The molecular formula is C20H14N2O5S2. The highest BCUT2D eigenvalue weighted by Crippen LogP contribution is 2.31. The average Bonchev–Trinajstić information content (AvgIpc) is 3.20. The number of hydrogen-bond acceptors (Lipinski definition) is 6. The molecule has 0 saturated carbocycles. The Bertz CT molecular complexity index is 1320. The lowest BCUT2D eigenvalue weighted by Crippen LogP contribution is -2.18. The van der Waals surface area contributed by atoms with Crippen molar-refractivity contribution in [2.75, 3.05) is 0 Å². The number of benzene rings is 2. The molecule has 1 saturated heterocycles. The van der Waals surface area contributed by atoms with E-state index in [4.69, 9.17) is 0 Å². The summed E-state index contributed by atoms with van der Waals surface area (Å²) in [6.07, 6.45) is 2.03. The lowest BCUT2D eigenvalue weighted by atomic mass is 10.2. The Morgan fingerprint density at radius 3 is 2.38 bits per heavy atom. The van der Waals surface area contributed by atoms with E-state index < -0.39 is 21.2 Å². The number of fused-ring (bicyclic) bond motifs is 1. The Hall–Kier alpha value is -3.17. The summed E-state index contributed by atoms with van der Waals surface area (Å²) in [5.74, 6) is -0.585. The molecule has 9 heteroatoms. The van der Waals surface area contributed by atoms with Gasteiger partial charge >= 0.3 is 0 Å². The van der Waals surface area contributed by atoms with Gasteiger partial charge in [-0.1, -0.05) is 17.7 Å². The second kappa shape index (κ2) is 7.02. The van der Waals surface area contributed by atoms with Gasteiger partial charge in [0.25, 0.3) is 21.2 Å². The number of aromatic nitrogens is 1. The minimum Gasteiger partial charge on any atom is -0.298 e. The van der Waals surface area contributed by atoms with Gasteiger partial charge in [0, 0.05) is 10.9 Å². The smallest absolute Gasteiger partial charge is 0.290 e. The number of carbonyl (C=O) groups is 3. The van der Waals surface area contributed by atoms with Gasteiger partial charge in [0.2, 0.25) is 0 Å². The highest BCUT2D eigenvalue weighted by molar-refractivity contribution is 8.18. The van der Waals surface area contributed by atoms with Gasteiger partial charge in [-0.2, -0.15) is 0 Å². The van der Waals surface area contributed by atoms with Crippen molar-refractivity contribution in [2.24, 2.45) is 0 Å². The van der Waals surface area contributed by atoms with Crippen LogP contribution in [0, 0.1) is 6.92 Å². The van der Waals surface area contributed by atoms with E-state index in [9.17, 15) is 22.8 Å². The number of thioether (sulfide) groups is 1. The summed E-state index contributed by atoms with van der Waals surface area (Å²) in [5, 5.41) is 2.15. The molecule has 1 fully saturated rings. The predicted octanol–water partition coefficient (Wildman–Crippen LogP) is 3.32. The van der Waals surface area contributed by atoms with Crippen LogP contribution in [0.5, 0.6) is 0 Å². The molecule has 4 rings (SSSR count). The monoisotopic (exact) mass is 426 g/mol. The summed E-state index contributed by atoms with van der Waals surface area (Å²) >= 11 is 0.700. The third-order valence-corrected chi connectivity index (χ3v) is 6.99. The van der Waals surface area contributed by atoms with Crippen molar-refractivity contribution in [1.82, 2.24) is 9.29 Å². The van der Waals surface area contributed by atoms with Gasteiger partial charge in [-0.25, -0.2) is 12.4 Å². The van der Waals surface area contributed by atoms with E-state index in [-0.39, 0.29) is 15.5 Å². The highest BCUT2D eigenvalue weighted by Gasteiger charge is 2.28. The van der Waals surface area contributed by atoms with Crippen molar-refractivity contribution >= 4 is 56.2 Å². The van der Waals surface area contributed by atoms with Crippen molar-refractivity contribution < 1.29 is 22.8 Å². The summed E-state index contributed by atoms with van der Waals surface area (Å²) in [5.41, 5.74) is 1.87. The molecule has 29 heavy (non-hydrogen) atoms. The maximum absolute atomic E-state index is 13.4. The van der Waals surface area contributed by atoms with E-state index in [1.165, 1.54) is 24.3 Å². The van der Waals surface area contributed by atoms with Crippen molar-refractivity contribution in [3.63, 3.8) is 0 Å². The van der Waals surface area contributed by atoms with E-state index in [1.807, 2.05) is 6.92 Å². The lowest BCUT2D eigenvalue weighted by molar-refractivity contribution is -0.115. The van der Waals surface area contributed by atoms with Crippen LogP contribution in [-0.2, 0) is 14.8 Å². The largest absolute Gasteiger partial charge is 0.298 e. The van der Waals surface area contributed by atoms with Gasteiger partial charge in [0.1, 0.15) is 6.29 Å². The maximum Gasteiger partial charge on any atom is 0.290 e. The number of nitrogens with zero attached hydrogens (tertiary/aromatic N) is 1. The molecule has 2 heterocycles. The first-order chi connectivity index (χ1) is 13.8. The molecule has 1 aliphatic rings. The summed E-state index contributed by atoms with van der Waals surface area (Å²) in [4.78, 5) is 34.7. The number of carbonyl (C=O) groups excluding carboxylic acids is 3. The van der Waals surface area contributed by atoms with E-state index in [2.05, 4.69) is 5.32 Å². The first kappa shape index (κ1) is 19.2. The Morgan fingerprint density at radius 1 is 1.03 bits per heavy atom. The number of imide groups is 1. The number of amides is 2. The van der Waals surface area contributed by atoms with Crippen LogP contribution >= 0.6 is 11.8 Å². The summed E-state index contributed by atoms with van der Waals surface area (Å²) in [6, 6.07) is 12.6. The molecule has 0 atom stereocenters. The van der Waals surface area contributed by atoms with E-state index >= 15 is 0 Å². The van der Waals surface area contributed by atoms with Crippen molar-refractivity contribution in [3.8, 4) is 0 Å². The van der Waals surface area contributed by atoms with Gasteiger partial charge in [-0.05, 0) is 61.2 Å². The molecule has 2 amide bonds. The fraction of sp³-hybridized carbons (Fsp3) is 0.0500. The molecule has 0 bridgehead atoms. The minimum atomic E-state index is -4.00. The van der Waals surface area contributed by atoms with Gasteiger partial charge in [-0.15, -0.1) is 0 Å². The van der Waals surface area contributed by atoms with E-state index in [1.54, 1.807) is 30.3 Å². The molecule has 1 aliphatic heterocycles. The van der Waals surface area contributed by atoms with Crippen LogP contribution in [-0.4, -0.2) is 29.8 Å². The minimum absolute atomic E-state index is 0.0827. The highest BCUT2D eigenvalue weighted by atomic mass is 32.2. The van der Waals surface area contributed by atoms with Crippen LogP contribution in [0.25, 0.3) is 17.0 Å². The number of aryl methyl sites for hydroxylation is 1. The zero-order valence-electron chi connectivity index (χ0n) is 15.1. The quantitative estimate of drug-likeness (QED) is 0.507. The van der Waals surface area contributed by atoms with Crippen molar-refractivity contribution in [2.45, 2.75) is 11.8 Å². The zero-order valence-corrected chi connectivity index (χ0v) is 16.7. The fourth-order valence-electron chi connectivity index (χ4n) is 3.04. The van der Waals surface area contributed by atoms with E-state index in [0.29, 0.717) is 34.5 Å². The summed E-state index contributed by atoms with van der Waals surface area (Å²) < 4.78 is 27.9. The fourth-order valence-corrected chi connectivity index (χ4v) is 5.21. The molecule has 1 aromatic heterocycles. The van der Waals surface area contributed by atoms with Crippen LogP contribution in [0.1, 0.15) is 21.6 Å². The predicted molar refractivity (Wildman–Crippen MR) is 110 cm³/mol. The van der Waals surface area contributed by atoms with Crippen LogP contribution in [0.2, 0.25) is 0 Å². The van der Waals surface area contributed by atoms with Crippen LogP contribution in [0.4, 0.5) is 4.79 Å². The normalized spacial score (nSPS) is 15.8. The third-order valence-electron chi connectivity index (χ3n) is 4.42. The lowest BCUT2D eigenvalue weighted by Gasteiger charge is -2.11. The Morgan fingerprint density at radius 2 is 1.76 bits per heavy atom. The molecule has 0 radical (unpaired) electrons. The first-order valence-corrected chi connectivity index (χ1v) is 10.7. The molecule has 2 aromatic carbocycles. The number of nitrogens with one attached hydrogen (secondary N) is 1. The maximum atomic E-state index is 13.4. The summed E-state index contributed by atoms with van der Waals surface area (Å²) in [7, 11) is -4.00. The molecular weight excluding hydrogens is 412 g/mol. The Labute approximate surface area is 170 Å². The average molecular weight is 426 g/mol. The molecule has 7 nitrogen and oxygen atoms in total. The van der Waals surface area contributed by atoms with Crippen LogP contribution in [0.15, 0.2) is 58.3 Å². The van der Waals surface area contributed by atoms with Gasteiger partial charge in [0.05, 0.1) is 21.0 Å². The molecule has 0 unspecified atom stereocenters. The third kappa shape index (κ3) is 3.39. The number of hydrogen-bond donors (Lipinski definition) is 1. The van der Waals surface area contributed by atoms with Crippen molar-refractivity contribution in [3.05, 3.63) is 70.3 Å².